The molecule has 3 heterocycles. The fourth-order valence-corrected chi connectivity index (χ4v) is 5.37. The molecule has 0 radical (unpaired) electrons. The summed E-state index contributed by atoms with van der Waals surface area (Å²) in [5, 5.41) is 12.1. The average molecular weight is 634 g/mol. The van der Waals surface area contributed by atoms with Gasteiger partial charge < -0.3 is 29.5 Å². The van der Waals surface area contributed by atoms with E-state index in [1.807, 2.05) is 0 Å². The number of carbonyl (C=O) groups is 3. The zero-order valence-corrected chi connectivity index (χ0v) is 24.3. The predicted octanol–water partition coefficient (Wildman–Crippen LogP) is 3.78. The molecule has 0 spiro atoms. The van der Waals surface area contributed by atoms with E-state index in [2.05, 4.69) is 10.3 Å². The van der Waals surface area contributed by atoms with Crippen LogP contribution in [0.1, 0.15) is 67.6 Å². The number of hydrogen-bond donors (Lipinski definition) is 2. The summed E-state index contributed by atoms with van der Waals surface area (Å²) < 4.78 is 89.5. The number of aromatic nitrogens is 2. The van der Waals surface area contributed by atoms with Crippen LogP contribution in [0.5, 0.6) is 0 Å². The van der Waals surface area contributed by atoms with E-state index < -0.39 is 90.1 Å². The lowest BCUT2D eigenvalue weighted by Crippen LogP contribution is -2.46. The summed E-state index contributed by atoms with van der Waals surface area (Å²) in [4.78, 5) is 45.4. The molecule has 0 aliphatic carbocycles. The lowest BCUT2D eigenvalue weighted by molar-refractivity contribution is -0.148. The molecule has 1 saturated heterocycles. The number of amides is 3. The van der Waals surface area contributed by atoms with Gasteiger partial charge in [0.2, 0.25) is 11.7 Å². The number of alkyl carbamates (subject to hydrolysis) is 1. The van der Waals surface area contributed by atoms with E-state index >= 15 is 0 Å². The van der Waals surface area contributed by atoms with Gasteiger partial charge in [0.25, 0.3) is 5.91 Å². The number of carbonyl (C=O) groups excluding carboxylic acids is 3. The Morgan fingerprint density at radius 2 is 1.75 bits per heavy atom. The molecule has 1 unspecified atom stereocenters. The van der Waals surface area contributed by atoms with E-state index in [9.17, 15) is 45.8 Å². The summed E-state index contributed by atoms with van der Waals surface area (Å²) in [6.07, 6.45) is -5.80. The first-order valence-electron chi connectivity index (χ1n) is 14.0. The van der Waals surface area contributed by atoms with E-state index in [1.54, 1.807) is 20.8 Å². The number of halogens is 6. The molecular formula is C28H33F6N5O5. The topological polar surface area (TPSA) is 117 Å². The number of aliphatic hydroxyl groups excluding tert-OH is 1. The van der Waals surface area contributed by atoms with Crippen LogP contribution in [0.25, 0.3) is 0 Å². The molecule has 10 nitrogen and oxygen atoms in total. The Bertz CT molecular complexity index is 1420. The van der Waals surface area contributed by atoms with Crippen molar-refractivity contribution in [2.45, 2.75) is 83.4 Å². The lowest BCUT2D eigenvalue weighted by Gasteiger charge is -2.31. The molecule has 4 rings (SSSR count). The van der Waals surface area contributed by atoms with Crippen molar-refractivity contribution >= 4 is 17.9 Å². The fraction of sp³-hybridized carbons (Fsp3) is 0.571. The Kier molecular flexibility index (Phi) is 9.51. The quantitative estimate of drug-likeness (QED) is 0.354. The van der Waals surface area contributed by atoms with Gasteiger partial charge in [0, 0.05) is 38.2 Å². The molecule has 0 bridgehead atoms. The molecule has 2 aliphatic rings. The first-order chi connectivity index (χ1) is 20.5. The number of ether oxygens (including phenoxy) is 1. The van der Waals surface area contributed by atoms with E-state index in [4.69, 9.17) is 4.74 Å². The normalized spacial score (nSPS) is 17.8. The summed E-state index contributed by atoms with van der Waals surface area (Å²) >= 11 is 0. The highest BCUT2D eigenvalue weighted by Crippen LogP contribution is 2.34. The second-order valence-corrected chi connectivity index (χ2v) is 11.8. The second-order valence-electron chi connectivity index (χ2n) is 11.8. The maximum absolute atomic E-state index is 14.5. The summed E-state index contributed by atoms with van der Waals surface area (Å²) in [5.41, 5.74) is -1.90. The molecule has 3 amide bonds. The Morgan fingerprint density at radius 1 is 1.07 bits per heavy atom. The highest BCUT2D eigenvalue weighted by atomic mass is 19.4. The van der Waals surface area contributed by atoms with Crippen molar-refractivity contribution < 1.29 is 50.6 Å². The maximum Gasteiger partial charge on any atom is 0.449 e. The van der Waals surface area contributed by atoms with Crippen molar-refractivity contribution in [2.75, 3.05) is 19.7 Å². The zero-order chi connectivity index (χ0) is 32.6. The minimum absolute atomic E-state index is 0.145. The average Bonchev–Trinajstić information content (AvgIpc) is 3.54. The second kappa shape index (κ2) is 12.7. The summed E-state index contributed by atoms with van der Waals surface area (Å²) in [6, 6.07) is -0.828. The van der Waals surface area contributed by atoms with E-state index in [0.717, 1.165) is 4.57 Å². The van der Waals surface area contributed by atoms with E-state index in [1.165, 1.54) is 9.80 Å². The summed E-state index contributed by atoms with van der Waals surface area (Å²) in [6.45, 7) is 3.61. The van der Waals surface area contributed by atoms with Gasteiger partial charge in [-0.3, -0.25) is 9.59 Å². The third-order valence-corrected chi connectivity index (χ3v) is 7.36. The number of nitrogens with zero attached hydrogens (tertiary/aromatic N) is 4. The van der Waals surface area contributed by atoms with Crippen molar-refractivity contribution in [3.63, 3.8) is 0 Å². The summed E-state index contributed by atoms with van der Waals surface area (Å²) in [7, 11) is 0. The molecule has 44 heavy (non-hydrogen) atoms. The number of benzene rings is 1. The van der Waals surface area contributed by atoms with Crippen LogP contribution in [0, 0.1) is 17.5 Å². The Hall–Kier alpha value is -3.82. The van der Waals surface area contributed by atoms with Gasteiger partial charge in [-0.05, 0) is 51.7 Å². The highest BCUT2D eigenvalue weighted by Gasteiger charge is 2.43. The Labute approximate surface area is 249 Å². The summed E-state index contributed by atoms with van der Waals surface area (Å²) in [5.74, 6) is -6.64. The van der Waals surface area contributed by atoms with Gasteiger partial charge in [0.1, 0.15) is 11.4 Å². The first-order valence-corrected chi connectivity index (χ1v) is 14.0. The number of likely N-dealkylation sites (tertiary alicyclic amines) is 1. The van der Waals surface area contributed by atoms with Crippen LogP contribution >= 0.6 is 0 Å². The molecule has 1 aromatic heterocycles. The molecule has 16 heteroatoms. The number of imidazole rings is 1. The maximum atomic E-state index is 14.5. The highest BCUT2D eigenvalue weighted by molar-refractivity contribution is 5.94. The van der Waals surface area contributed by atoms with Crippen LogP contribution in [0.15, 0.2) is 12.1 Å². The first kappa shape index (κ1) is 33.1. The van der Waals surface area contributed by atoms with Crippen LogP contribution in [0.3, 0.4) is 0 Å². The standard InChI is InChI=1S/C28H33F6N5O5/c1-27(2,3)44-26(43)35-16(9-15-10-19(30)20(31)12-18(15)29)11-22(41)37-7-8-39-21(13-37)23(36-25(39)28(32,33)34)24(42)38-6-4-5-17(38)14-40/h10,12,16-17,40H,4-9,11,13-14H2,1-3H3,(H,35,43)/t16?,17-/m1/s1. The van der Waals surface area contributed by atoms with Gasteiger partial charge in [-0.15, -0.1) is 0 Å². The molecule has 2 atom stereocenters. The molecule has 2 aromatic rings. The number of fused-ring (bicyclic) bond motifs is 1. The van der Waals surface area contributed by atoms with E-state index in [-0.39, 0.29) is 37.5 Å². The van der Waals surface area contributed by atoms with Crippen molar-refractivity contribution in [2.24, 2.45) is 0 Å². The van der Waals surface area contributed by atoms with Crippen LogP contribution in [-0.4, -0.2) is 79.7 Å². The molecule has 1 aromatic carbocycles. The van der Waals surface area contributed by atoms with Crippen LogP contribution in [0.4, 0.5) is 31.1 Å². The number of nitrogens with one attached hydrogen (secondary N) is 1. The van der Waals surface area contributed by atoms with Crippen molar-refractivity contribution in [1.82, 2.24) is 24.7 Å². The molecule has 2 aliphatic heterocycles. The van der Waals surface area contributed by atoms with Crippen LogP contribution in [0.2, 0.25) is 0 Å². The zero-order valence-electron chi connectivity index (χ0n) is 24.3. The van der Waals surface area contributed by atoms with Gasteiger partial charge in [0.05, 0.1) is 24.9 Å². The lowest BCUT2D eigenvalue weighted by atomic mass is 10.0. The minimum Gasteiger partial charge on any atom is -0.444 e. The predicted molar refractivity (Wildman–Crippen MR) is 142 cm³/mol. The number of hydrogen-bond acceptors (Lipinski definition) is 6. The smallest absolute Gasteiger partial charge is 0.444 e. The third kappa shape index (κ3) is 7.45. The Balaban J connectivity index is 1.59. The fourth-order valence-electron chi connectivity index (χ4n) is 5.37. The number of alkyl halides is 3. The van der Waals surface area contributed by atoms with Gasteiger partial charge in [-0.1, -0.05) is 0 Å². The largest absolute Gasteiger partial charge is 0.449 e. The number of aliphatic hydroxyl groups is 1. The van der Waals surface area contributed by atoms with Crippen molar-refractivity contribution in [1.29, 1.82) is 0 Å². The molecule has 2 N–H and O–H groups in total. The van der Waals surface area contributed by atoms with Gasteiger partial charge >= 0.3 is 12.3 Å². The minimum atomic E-state index is -4.89. The molecule has 0 saturated carbocycles. The Morgan fingerprint density at radius 3 is 2.39 bits per heavy atom. The van der Waals surface area contributed by atoms with Crippen molar-refractivity contribution in [3.05, 3.63) is 52.4 Å². The molecule has 1 fully saturated rings. The van der Waals surface area contributed by atoms with Gasteiger partial charge in [-0.25, -0.2) is 22.9 Å². The van der Waals surface area contributed by atoms with Gasteiger partial charge in [0.15, 0.2) is 17.3 Å². The van der Waals surface area contributed by atoms with Crippen LogP contribution in [-0.2, 0) is 35.2 Å². The van der Waals surface area contributed by atoms with E-state index in [0.29, 0.717) is 25.0 Å². The third-order valence-electron chi connectivity index (χ3n) is 7.36. The van der Waals surface area contributed by atoms with Crippen molar-refractivity contribution in [3.8, 4) is 0 Å². The van der Waals surface area contributed by atoms with Crippen LogP contribution < -0.4 is 5.32 Å². The SMILES string of the molecule is CC(C)(C)OC(=O)NC(CC(=O)N1CCn2c(C(F)(F)F)nc(C(=O)N3CCC[C@@H]3CO)c2C1)Cc1cc(F)c(F)cc1F. The monoisotopic (exact) mass is 633 g/mol. The molecular weight excluding hydrogens is 600 g/mol. The van der Waals surface area contributed by atoms with Gasteiger partial charge in [-0.2, -0.15) is 13.2 Å². The number of rotatable bonds is 7. The molecule has 242 valence electrons.